The predicted octanol–water partition coefficient (Wildman–Crippen LogP) is 1.35. The Hall–Kier alpha value is 0.230. The Labute approximate surface area is 111 Å². The topological polar surface area (TPSA) is 15.7 Å². The van der Waals surface area contributed by atoms with Crippen LogP contribution in [-0.4, -0.2) is 67.5 Å². The zero-order valence-corrected chi connectivity index (χ0v) is 11.9. The normalized spacial score (nSPS) is 29.6. The molecule has 0 radical (unpaired) electrons. The molecule has 0 aliphatic carbocycles. The molecular formula is C13H26N2OS. The van der Waals surface area contributed by atoms with Crippen LogP contribution in [0.25, 0.3) is 0 Å². The van der Waals surface area contributed by atoms with Gasteiger partial charge in [0.2, 0.25) is 0 Å². The molecule has 2 unspecified atom stereocenters. The fourth-order valence-electron chi connectivity index (χ4n) is 2.90. The van der Waals surface area contributed by atoms with Crippen molar-refractivity contribution in [2.45, 2.75) is 25.8 Å². The second kappa shape index (κ2) is 6.98. The lowest BCUT2D eigenvalue weighted by atomic mass is 10.1. The Kier molecular flexibility index (Phi) is 5.60. The van der Waals surface area contributed by atoms with Gasteiger partial charge < -0.3 is 9.64 Å². The van der Waals surface area contributed by atoms with Crippen molar-refractivity contribution < 1.29 is 4.74 Å². The summed E-state index contributed by atoms with van der Waals surface area (Å²) in [6.45, 7) is 10.1. The van der Waals surface area contributed by atoms with Gasteiger partial charge in [-0.2, -0.15) is 12.6 Å². The first kappa shape index (κ1) is 13.7. The van der Waals surface area contributed by atoms with Gasteiger partial charge in [-0.25, -0.2) is 0 Å². The largest absolute Gasteiger partial charge is 0.379 e. The summed E-state index contributed by atoms with van der Waals surface area (Å²) in [5.74, 6) is 1.79. The van der Waals surface area contributed by atoms with E-state index in [1.165, 1.54) is 32.5 Å². The molecule has 0 bridgehead atoms. The van der Waals surface area contributed by atoms with Gasteiger partial charge in [-0.3, -0.25) is 4.90 Å². The Morgan fingerprint density at radius 2 is 2.06 bits per heavy atom. The van der Waals surface area contributed by atoms with Crippen molar-refractivity contribution >= 4 is 12.6 Å². The summed E-state index contributed by atoms with van der Waals surface area (Å²) < 4.78 is 5.42. The zero-order valence-electron chi connectivity index (χ0n) is 11.0. The predicted molar refractivity (Wildman–Crippen MR) is 74.9 cm³/mol. The minimum Gasteiger partial charge on any atom is -0.379 e. The highest BCUT2D eigenvalue weighted by atomic mass is 32.1. The molecule has 17 heavy (non-hydrogen) atoms. The van der Waals surface area contributed by atoms with Crippen LogP contribution in [-0.2, 0) is 4.74 Å². The molecular weight excluding hydrogens is 232 g/mol. The molecule has 100 valence electrons. The van der Waals surface area contributed by atoms with E-state index in [0.717, 1.165) is 44.0 Å². The van der Waals surface area contributed by atoms with Crippen molar-refractivity contribution in [3.63, 3.8) is 0 Å². The third-order valence-corrected chi connectivity index (χ3v) is 4.68. The highest BCUT2D eigenvalue weighted by Gasteiger charge is 2.29. The van der Waals surface area contributed by atoms with Gasteiger partial charge in [-0.1, -0.05) is 13.3 Å². The molecule has 0 aromatic rings. The highest BCUT2D eigenvalue weighted by Crippen LogP contribution is 2.19. The van der Waals surface area contributed by atoms with Crippen LogP contribution < -0.4 is 0 Å². The molecule has 0 N–H and O–H groups in total. The number of hydrogen-bond donors (Lipinski definition) is 1. The summed E-state index contributed by atoms with van der Waals surface area (Å²) in [6.07, 6.45) is 2.59. The Bertz CT molecular complexity index is 217. The third kappa shape index (κ3) is 3.85. The molecule has 0 aromatic carbocycles. The first-order valence-electron chi connectivity index (χ1n) is 6.98. The van der Waals surface area contributed by atoms with Crippen LogP contribution in [0.2, 0.25) is 0 Å². The summed E-state index contributed by atoms with van der Waals surface area (Å²) in [7, 11) is 0. The maximum atomic E-state index is 5.42. The van der Waals surface area contributed by atoms with Crippen molar-refractivity contribution in [2.24, 2.45) is 5.92 Å². The lowest BCUT2D eigenvalue weighted by Crippen LogP contribution is -2.45. The first-order chi connectivity index (χ1) is 8.33. The number of likely N-dealkylation sites (tertiary alicyclic amines) is 1. The summed E-state index contributed by atoms with van der Waals surface area (Å²) in [6, 6.07) is 0.774. The molecule has 3 nitrogen and oxygen atoms in total. The number of ether oxygens (including phenoxy) is 1. The van der Waals surface area contributed by atoms with Gasteiger partial charge in [-0.05, 0) is 24.6 Å². The molecule has 2 fully saturated rings. The number of nitrogens with zero attached hydrogens (tertiary/aromatic N) is 2. The van der Waals surface area contributed by atoms with E-state index in [4.69, 9.17) is 4.74 Å². The molecule has 0 amide bonds. The molecule has 2 rings (SSSR count). The smallest absolute Gasteiger partial charge is 0.0594 e. The molecule has 2 heterocycles. The monoisotopic (exact) mass is 258 g/mol. The van der Waals surface area contributed by atoms with Crippen LogP contribution in [0, 0.1) is 5.92 Å². The van der Waals surface area contributed by atoms with Crippen LogP contribution >= 0.6 is 12.6 Å². The number of morpholine rings is 1. The highest BCUT2D eigenvalue weighted by molar-refractivity contribution is 7.80. The Morgan fingerprint density at radius 1 is 1.29 bits per heavy atom. The van der Waals surface area contributed by atoms with Crippen LogP contribution in [0.15, 0.2) is 0 Å². The standard InChI is InChI=1S/C13H26N2OS/c1-2-12(11-17)9-14-4-3-13(10-14)15-5-7-16-8-6-15/h12-13,17H,2-11H2,1H3. The van der Waals surface area contributed by atoms with Gasteiger partial charge in [0.15, 0.2) is 0 Å². The van der Waals surface area contributed by atoms with Gasteiger partial charge >= 0.3 is 0 Å². The van der Waals surface area contributed by atoms with Crippen LogP contribution in [0.1, 0.15) is 19.8 Å². The van der Waals surface area contributed by atoms with Crippen molar-refractivity contribution in [3.8, 4) is 0 Å². The van der Waals surface area contributed by atoms with Crippen LogP contribution in [0.4, 0.5) is 0 Å². The lowest BCUT2D eigenvalue weighted by Gasteiger charge is -2.32. The SMILES string of the molecule is CCC(CS)CN1CCC(N2CCOCC2)C1. The fraction of sp³-hybridized carbons (Fsp3) is 1.00. The number of thiol groups is 1. The number of hydrogen-bond acceptors (Lipinski definition) is 4. The zero-order chi connectivity index (χ0) is 12.1. The van der Waals surface area contributed by atoms with Gasteiger partial charge in [0, 0.05) is 32.2 Å². The van der Waals surface area contributed by atoms with Crippen LogP contribution in [0.5, 0.6) is 0 Å². The van der Waals surface area contributed by atoms with Gasteiger partial charge in [0.05, 0.1) is 13.2 Å². The van der Waals surface area contributed by atoms with Crippen molar-refractivity contribution in [2.75, 3.05) is 51.7 Å². The summed E-state index contributed by atoms with van der Waals surface area (Å²) in [5.41, 5.74) is 0. The minimum absolute atomic E-state index is 0.766. The van der Waals surface area contributed by atoms with Gasteiger partial charge in [0.25, 0.3) is 0 Å². The molecule has 4 heteroatoms. The van der Waals surface area contributed by atoms with Crippen molar-refractivity contribution in [1.82, 2.24) is 9.80 Å². The van der Waals surface area contributed by atoms with Crippen molar-refractivity contribution in [3.05, 3.63) is 0 Å². The van der Waals surface area contributed by atoms with Gasteiger partial charge in [0.1, 0.15) is 0 Å². The van der Waals surface area contributed by atoms with E-state index < -0.39 is 0 Å². The second-order valence-electron chi connectivity index (χ2n) is 5.31. The van der Waals surface area contributed by atoms with Gasteiger partial charge in [-0.15, -0.1) is 0 Å². The van der Waals surface area contributed by atoms with E-state index in [1.807, 2.05) is 0 Å². The second-order valence-corrected chi connectivity index (χ2v) is 5.67. The van der Waals surface area contributed by atoms with E-state index in [0.29, 0.717) is 0 Å². The maximum absolute atomic E-state index is 5.42. The molecule has 2 aliphatic rings. The maximum Gasteiger partial charge on any atom is 0.0594 e. The van der Waals surface area contributed by atoms with E-state index in [1.54, 1.807) is 0 Å². The van der Waals surface area contributed by atoms with Crippen LogP contribution in [0.3, 0.4) is 0 Å². The average molecular weight is 258 g/mol. The third-order valence-electron chi connectivity index (χ3n) is 4.16. The lowest BCUT2D eigenvalue weighted by molar-refractivity contribution is 0.0183. The fourth-order valence-corrected chi connectivity index (χ4v) is 3.27. The molecule has 2 aliphatic heterocycles. The summed E-state index contributed by atoms with van der Waals surface area (Å²) in [4.78, 5) is 5.25. The number of rotatable bonds is 5. The Balaban J connectivity index is 1.74. The minimum atomic E-state index is 0.766. The molecule has 0 spiro atoms. The van der Waals surface area contributed by atoms with E-state index in [9.17, 15) is 0 Å². The Morgan fingerprint density at radius 3 is 2.71 bits per heavy atom. The summed E-state index contributed by atoms with van der Waals surface area (Å²) in [5, 5.41) is 0. The molecule has 0 aromatic heterocycles. The first-order valence-corrected chi connectivity index (χ1v) is 7.61. The molecule has 2 saturated heterocycles. The van der Waals surface area contributed by atoms with E-state index in [-0.39, 0.29) is 0 Å². The summed E-state index contributed by atoms with van der Waals surface area (Å²) >= 11 is 4.44. The average Bonchev–Trinajstić information content (AvgIpc) is 2.85. The molecule has 2 atom stereocenters. The van der Waals surface area contributed by atoms with E-state index in [2.05, 4.69) is 29.4 Å². The van der Waals surface area contributed by atoms with E-state index >= 15 is 0 Å². The van der Waals surface area contributed by atoms with Crippen molar-refractivity contribution in [1.29, 1.82) is 0 Å². The molecule has 0 saturated carbocycles. The quantitative estimate of drug-likeness (QED) is 0.750.